The SMILES string of the molecule is CS(=O)(=O)Nc1ccccc1-c1ccc(N2CCC[C@@H](NC(=O)Nc3ccc([ClH+])cn3)C2=O)c(F)c1. The van der Waals surface area contributed by atoms with Crippen LogP contribution in [-0.4, -0.2) is 44.2 Å². The molecule has 1 fully saturated rings. The number of piperidine rings is 1. The number of urea groups is 1. The van der Waals surface area contributed by atoms with E-state index in [2.05, 4.69) is 20.3 Å². The summed E-state index contributed by atoms with van der Waals surface area (Å²) in [7, 11) is -3.53. The maximum atomic E-state index is 15.2. The smallest absolute Gasteiger partial charge is 0.321 e. The number of carbonyl (C=O) groups excluding carboxylic acids is 2. The van der Waals surface area contributed by atoms with Crippen molar-refractivity contribution in [3.05, 3.63) is 71.6 Å². The molecule has 1 saturated heterocycles. The van der Waals surface area contributed by atoms with Crippen LogP contribution in [0, 0.1) is 17.4 Å². The quantitative estimate of drug-likeness (QED) is 0.450. The Hall–Kier alpha value is -3.70. The second kappa shape index (κ2) is 10.5. The summed E-state index contributed by atoms with van der Waals surface area (Å²) >= 11 is 4.97. The number of halogens is 2. The molecule has 0 unspecified atom stereocenters. The maximum absolute atomic E-state index is 15.2. The minimum Gasteiger partial charge on any atom is -0.326 e. The summed E-state index contributed by atoms with van der Waals surface area (Å²) in [5, 5.41) is 5.70. The molecule has 36 heavy (non-hydrogen) atoms. The number of aromatic nitrogens is 1. The molecular weight excluding hydrogens is 509 g/mol. The molecule has 1 aliphatic heterocycles. The van der Waals surface area contributed by atoms with E-state index in [1.807, 2.05) is 0 Å². The lowest BCUT2D eigenvalue weighted by Gasteiger charge is -2.33. The number of hydrogen-bond donors (Lipinski definition) is 3. The molecule has 3 N–H and O–H groups in total. The standard InChI is InChI=1S/C24H23ClFN5O4S/c1-36(34,35)30-19-6-3-2-5-17(19)15-8-10-21(18(26)13-15)31-12-4-7-20(23(31)32)28-24(33)29-22-11-9-16(25)14-27-22/h2-3,5-6,8-11,13-14,20,25,30H,4,7,12H2,1H3,(H-,27,28,29,33)/p+1/t20-/m1/s1. The number of hydrogen-bond acceptors (Lipinski definition) is 5. The first-order valence-corrected chi connectivity index (χ1v) is 13.3. The van der Waals surface area contributed by atoms with E-state index < -0.39 is 33.8 Å². The zero-order valence-corrected chi connectivity index (χ0v) is 20.8. The number of benzene rings is 2. The number of carbonyl (C=O) groups is 2. The van der Waals surface area contributed by atoms with Crippen molar-refractivity contribution in [3.63, 3.8) is 0 Å². The number of anilines is 3. The van der Waals surface area contributed by atoms with E-state index in [0.29, 0.717) is 41.2 Å². The Bertz CT molecular complexity index is 1400. The van der Waals surface area contributed by atoms with Crippen molar-refractivity contribution in [2.45, 2.75) is 18.9 Å². The van der Waals surface area contributed by atoms with Crippen molar-refractivity contribution in [2.24, 2.45) is 0 Å². The summed E-state index contributed by atoms with van der Waals surface area (Å²) in [6.07, 6.45) is 3.43. The molecule has 0 spiro atoms. The fourth-order valence-electron chi connectivity index (χ4n) is 3.93. The topological polar surface area (TPSA) is 120 Å². The van der Waals surface area contributed by atoms with Crippen LogP contribution in [0.25, 0.3) is 11.1 Å². The zero-order chi connectivity index (χ0) is 25.9. The lowest BCUT2D eigenvalue weighted by atomic mass is 10.0. The van der Waals surface area contributed by atoms with Gasteiger partial charge in [-0.05, 0) is 42.7 Å². The highest BCUT2D eigenvalue weighted by Gasteiger charge is 2.32. The van der Waals surface area contributed by atoms with Crippen LogP contribution in [0.2, 0.25) is 5.02 Å². The second-order valence-corrected chi connectivity index (χ2v) is 10.5. The van der Waals surface area contributed by atoms with Crippen LogP contribution in [0.4, 0.5) is 26.4 Å². The van der Waals surface area contributed by atoms with E-state index in [-0.39, 0.29) is 11.5 Å². The molecule has 1 aliphatic rings. The summed E-state index contributed by atoms with van der Waals surface area (Å²) in [5.41, 5.74) is 1.33. The second-order valence-electron chi connectivity index (χ2n) is 8.25. The third-order valence-electron chi connectivity index (χ3n) is 5.49. The van der Waals surface area contributed by atoms with Gasteiger partial charge in [-0.2, -0.15) is 0 Å². The molecule has 3 amide bonds. The average Bonchev–Trinajstić information content (AvgIpc) is 2.81. The molecule has 4 rings (SSSR count). The number of sulfonamides is 1. The number of pyridine rings is 1. The van der Waals surface area contributed by atoms with Crippen molar-refractivity contribution in [1.82, 2.24) is 10.3 Å². The van der Waals surface area contributed by atoms with Gasteiger partial charge >= 0.3 is 6.03 Å². The van der Waals surface area contributed by atoms with Gasteiger partial charge in [-0.15, -0.1) is 0 Å². The van der Waals surface area contributed by atoms with E-state index in [1.54, 1.807) is 42.5 Å². The van der Waals surface area contributed by atoms with Crippen molar-refractivity contribution >= 4 is 39.2 Å². The van der Waals surface area contributed by atoms with Gasteiger partial charge < -0.3 is 10.2 Å². The largest absolute Gasteiger partial charge is 0.326 e. The summed E-state index contributed by atoms with van der Waals surface area (Å²) in [6.45, 7) is 0.295. The fraction of sp³-hybridized carbons (Fsp3) is 0.208. The molecule has 9 nitrogen and oxygen atoms in total. The highest BCUT2D eigenvalue weighted by Crippen LogP contribution is 2.33. The van der Waals surface area contributed by atoms with Gasteiger partial charge in [0.2, 0.25) is 21.0 Å². The van der Waals surface area contributed by atoms with Crippen molar-refractivity contribution in [1.29, 1.82) is 0 Å². The Morgan fingerprint density at radius 1 is 1.17 bits per heavy atom. The molecule has 188 valence electrons. The Kier molecular flexibility index (Phi) is 7.41. The molecule has 0 aliphatic carbocycles. The van der Waals surface area contributed by atoms with Gasteiger partial charge in [0.1, 0.15) is 17.7 Å². The van der Waals surface area contributed by atoms with E-state index in [1.165, 1.54) is 23.2 Å². The third kappa shape index (κ3) is 6.10. The molecule has 3 aromatic rings. The Morgan fingerprint density at radius 2 is 1.94 bits per heavy atom. The van der Waals surface area contributed by atoms with E-state index in [0.717, 1.165) is 6.26 Å². The van der Waals surface area contributed by atoms with Gasteiger partial charge in [-0.1, -0.05) is 24.3 Å². The summed E-state index contributed by atoms with van der Waals surface area (Å²) < 4.78 is 41.0. The van der Waals surface area contributed by atoms with E-state index >= 15 is 4.39 Å². The van der Waals surface area contributed by atoms with Crippen molar-refractivity contribution in [3.8, 4) is 11.1 Å². The molecule has 2 heterocycles. The van der Waals surface area contributed by atoms with Gasteiger partial charge in [0.25, 0.3) is 0 Å². The minimum absolute atomic E-state index is 0.0758. The number of nitrogens with one attached hydrogen (secondary N) is 3. The zero-order valence-electron chi connectivity index (χ0n) is 19.2. The number of rotatable bonds is 6. The molecule has 0 bridgehead atoms. The van der Waals surface area contributed by atoms with Crippen LogP contribution in [0.1, 0.15) is 12.8 Å². The minimum atomic E-state index is -3.53. The van der Waals surface area contributed by atoms with Crippen LogP contribution in [0.3, 0.4) is 0 Å². The van der Waals surface area contributed by atoms with Crippen LogP contribution in [0.5, 0.6) is 0 Å². The Labute approximate surface area is 212 Å². The van der Waals surface area contributed by atoms with Crippen LogP contribution in [-0.2, 0) is 14.8 Å². The number of nitrogens with zero attached hydrogens (tertiary/aromatic N) is 2. The fourth-order valence-corrected chi connectivity index (χ4v) is 4.63. The molecule has 2 aromatic carbocycles. The number of amides is 3. The van der Waals surface area contributed by atoms with Gasteiger partial charge in [0.05, 0.1) is 23.8 Å². The highest BCUT2D eigenvalue weighted by molar-refractivity contribution is 7.92. The Balaban J connectivity index is 1.50. The van der Waals surface area contributed by atoms with E-state index in [4.69, 9.17) is 11.6 Å². The number of para-hydroxylation sites is 1. The van der Waals surface area contributed by atoms with Gasteiger partial charge in [0, 0.05) is 18.2 Å². The molecule has 1 aromatic heterocycles. The van der Waals surface area contributed by atoms with Crippen LogP contribution >= 0.6 is 0 Å². The summed E-state index contributed by atoms with van der Waals surface area (Å²) in [4.78, 5) is 30.8. The highest BCUT2D eigenvalue weighted by atomic mass is 35.5. The van der Waals surface area contributed by atoms with Crippen molar-refractivity contribution < 1.29 is 34.0 Å². The lowest BCUT2D eigenvalue weighted by Crippen LogP contribution is -2.53. The van der Waals surface area contributed by atoms with Crippen LogP contribution in [0.15, 0.2) is 60.8 Å². The average molecular weight is 533 g/mol. The predicted octanol–water partition coefficient (Wildman–Crippen LogP) is 3.27. The Morgan fingerprint density at radius 3 is 2.64 bits per heavy atom. The third-order valence-corrected chi connectivity index (χ3v) is 6.33. The van der Waals surface area contributed by atoms with Gasteiger partial charge in [-0.25, -0.2) is 22.6 Å². The summed E-state index contributed by atoms with van der Waals surface area (Å²) in [6, 6.07) is 12.7. The molecule has 12 heteroatoms. The molecule has 0 saturated carbocycles. The first-order valence-electron chi connectivity index (χ1n) is 11.0. The van der Waals surface area contributed by atoms with Gasteiger partial charge in [0.15, 0.2) is 11.6 Å². The normalized spacial score (nSPS) is 15.9. The van der Waals surface area contributed by atoms with E-state index in [9.17, 15) is 18.0 Å². The molecule has 0 radical (unpaired) electrons. The maximum Gasteiger partial charge on any atom is 0.321 e. The monoisotopic (exact) mass is 532 g/mol. The predicted molar refractivity (Wildman–Crippen MR) is 133 cm³/mol. The van der Waals surface area contributed by atoms with Gasteiger partial charge in [-0.3, -0.25) is 14.8 Å². The molecule has 1 atom stereocenters. The molecular formula is C24H24ClFN5O4S+. The van der Waals surface area contributed by atoms with Crippen molar-refractivity contribution in [2.75, 3.05) is 27.7 Å². The lowest BCUT2D eigenvalue weighted by molar-refractivity contribution is -0.289. The first kappa shape index (κ1) is 25.4. The first-order chi connectivity index (χ1) is 17.1. The summed E-state index contributed by atoms with van der Waals surface area (Å²) in [5.74, 6) is -0.794. The van der Waals surface area contributed by atoms with Crippen LogP contribution < -0.4 is 20.3 Å².